The Kier molecular flexibility index (Phi) is 9.09. The third-order valence-electron chi connectivity index (χ3n) is 4.19. The van der Waals surface area contributed by atoms with Crippen LogP contribution < -0.4 is 0 Å². The number of aliphatic hydroxyl groups excluding tert-OH is 1. The van der Waals surface area contributed by atoms with Gasteiger partial charge >= 0.3 is 6.09 Å². The maximum Gasteiger partial charge on any atom is 0.409 e. The number of carbonyl (C=O) groups is 1. The number of rotatable bonds is 6. The van der Waals surface area contributed by atoms with Crippen LogP contribution in [-0.2, 0) is 9.47 Å². The van der Waals surface area contributed by atoms with Crippen molar-refractivity contribution in [3.8, 4) is 0 Å². The minimum absolute atomic E-state index is 0. The maximum absolute atomic E-state index is 11.6. The van der Waals surface area contributed by atoms with Gasteiger partial charge in [-0.2, -0.15) is 0 Å². The van der Waals surface area contributed by atoms with Crippen molar-refractivity contribution in [1.29, 1.82) is 0 Å². The molecule has 7 heteroatoms. The van der Waals surface area contributed by atoms with E-state index in [4.69, 9.17) is 9.47 Å². The molecule has 1 aliphatic carbocycles. The number of ether oxygens (including phenoxy) is 2. The molecule has 1 saturated heterocycles. The smallest absolute Gasteiger partial charge is 0.409 e. The fourth-order valence-electron chi connectivity index (χ4n) is 2.98. The Hall–Kier alpha value is -0.560. The fraction of sp³-hybridized carbons (Fsp3) is 0.933. The molecule has 1 N–H and O–H groups in total. The Labute approximate surface area is 139 Å². The molecule has 6 nitrogen and oxygen atoms in total. The average Bonchev–Trinajstić information content (AvgIpc) is 2.99. The van der Waals surface area contributed by atoms with Gasteiger partial charge in [-0.15, -0.1) is 12.4 Å². The SMILES string of the molecule is CCOC(=O)N1CCN(CC(O)COC2CCCC2)CC1.Cl. The van der Waals surface area contributed by atoms with E-state index < -0.39 is 6.10 Å². The monoisotopic (exact) mass is 336 g/mol. The second-order valence-corrected chi connectivity index (χ2v) is 5.88. The van der Waals surface area contributed by atoms with Crippen LogP contribution in [0.2, 0.25) is 0 Å². The normalized spacial score (nSPS) is 21.5. The standard InChI is InChI=1S/C15H28N2O4.ClH/c1-2-20-15(19)17-9-7-16(8-10-17)11-13(18)12-21-14-5-3-4-6-14;/h13-14,18H,2-12H2,1H3;1H. The highest BCUT2D eigenvalue weighted by molar-refractivity contribution is 5.85. The van der Waals surface area contributed by atoms with Gasteiger partial charge in [-0.1, -0.05) is 12.8 Å². The van der Waals surface area contributed by atoms with Crippen molar-refractivity contribution < 1.29 is 19.4 Å². The van der Waals surface area contributed by atoms with Crippen molar-refractivity contribution in [3.63, 3.8) is 0 Å². The molecule has 0 aromatic heterocycles. The largest absolute Gasteiger partial charge is 0.450 e. The van der Waals surface area contributed by atoms with Gasteiger partial charge in [0.05, 0.1) is 25.4 Å². The van der Waals surface area contributed by atoms with Crippen molar-refractivity contribution in [1.82, 2.24) is 9.80 Å². The number of nitrogens with zero attached hydrogens (tertiary/aromatic N) is 2. The highest BCUT2D eigenvalue weighted by Gasteiger charge is 2.24. The van der Waals surface area contributed by atoms with Crippen molar-refractivity contribution in [3.05, 3.63) is 0 Å². The van der Waals surface area contributed by atoms with Crippen molar-refractivity contribution in [2.24, 2.45) is 0 Å². The molecule has 1 saturated carbocycles. The number of piperazine rings is 1. The van der Waals surface area contributed by atoms with E-state index in [1.165, 1.54) is 12.8 Å². The van der Waals surface area contributed by atoms with Gasteiger partial charge in [0, 0.05) is 32.7 Å². The summed E-state index contributed by atoms with van der Waals surface area (Å²) >= 11 is 0. The first-order valence-electron chi connectivity index (χ1n) is 8.12. The molecule has 22 heavy (non-hydrogen) atoms. The van der Waals surface area contributed by atoms with E-state index in [-0.39, 0.29) is 18.5 Å². The molecule has 1 unspecified atom stereocenters. The lowest BCUT2D eigenvalue weighted by molar-refractivity contribution is -0.0231. The molecule has 1 aliphatic heterocycles. The van der Waals surface area contributed by atoms with Crippen LogP contribution in [0.5, 0.6) is 0 Å². The van der Waals surface area contributed by atoms with Crippen LogP contribution in [0.15, 0.2) is 0 Å². The molecule has 0 spiro atoms. The van der Waals surface area contributed by atoms with Gasteiger partial charge in [-0.3, -0.25) is 4.90 Å². The lowest BCUT2D eigenvalue weighted by Crippen LogP contribution is -2.51. The molecule has 1 amide bonds. The van der Waals surface area contributed by atoms with Gasteiger partial charge in [0.2, 0.25) is 0 Å². The summed E-state index contributed by atoms with van der Waals surface area (Å²) in [7, 11) is 0. The van der Waals surface area contributed by atoms with E-state index in [1.54, 1.807) is 4.90 Å². The molecule has 0 aromatic carbocycles. The fourth-order valence-corrected chi connectivity index (χ4v) is 2.98. The number of carbonyl (C=O) groups excluding carboxylic acids is 1. The van der Waals surface area contributed by atoms with E-state index >= 15 is 0 Å². The number of hydrogen-bond acceptors (Lipinski definition) is 5. The molecular weight excluding hydrogens is 308 g/mol. The number of aliphatic hydroxyl groups is 1. The zero-order valence-electron chi connectivity index (χ0n) is 13.4. The van der Waals surface area contributed by atoms with Crippen LogP contribution in [-0.4, -0.2) is 79.1 Å². The number of amides is 1. The minimum Gasteiger partial charge on any atom is -0.450 e. The predicted octanol–water partition coefficient (Wildman–Crippen LogP) is 1.50. The van der Waals surface area contributed by atoms with Gasteiger partial charge < -0.3 is 19.5 Å². The first-order valence-corrected chi connectivity index (χ1v) is 8.12. The lowest BCUT2D eigenvalue weighted by atomic mass is 10.2. The first kappa shape index (κ1) is 19.5. The lowest BCUT2D eigenvalue weighted by Gasteiger charge is -2.35. The summed E-state index contributed by atoms with van der Waals surface area (Å²) in [4.78, 5) is 15.5. The first-order chi connectivity index (χ1) is 10.2. The second-order valence-electron chi connectivity index (χ2n) is 5.88. The summed E-state index contributed by atoms with van der Waals surface area (Å²) in [6.07, 6.45) is 4.42. The highest BCUT2D eigenvalue weighted by Crippen LogP contribution is 2.21. The van der Waals surface area contributed by atoms with E-state index in [9.17, 15) is 9.90 Å². The molecule has 2 fully saturated rings. The third-order valence-corrected chi connectivity index (χ3v) is 4.19. The molecule has 0 radical (unpaired) electrons. The molecule has 2 rings (SSSR count). The Morgan fingerprint density at radius 1 is 1.23 bits per heavy atom. The van der Waals surface area contributed by atoms with Gasteiger partial charge in [0.15, 0.2) is 0 Å². The van der Waals surface area contributed by atoms with Crippen LogP contribution >= 0.6 is 12.4 Å². The molecular formula is C15H29ClN2O4. The molecule has 0 aromatic rings. The number of hydrogen-bond donors (Lipinski definition) is 1. The van der Waals surface area contributed by atoms with Crippen molar-refractivity contribution in [2.75, 3.05) is 45.9 Å². The minimum atomic E-state index is -0.445. The topological polar surface area (TPSA) is 62.2 Å². The summed E-state index contributed by atoms with van der Waals surface area (Å²) in [6.45, 7) is 6.14. The quantitative estimate of drug-likeness (QED) is 0.796. The van der Waals surface area contributed by atoms with Crippen LogP contribution in [0.1, 0.15) is 32.6 Å². The van der Waals surface area contributed by atoms with E-state index in [1.807, 2.05) is 6.92 Å². The van der Waals surface area contributed by atoms with Gasteiger partial charge in [-0.05, 0) is 19.8 Å². The zero-order valence-corrected chi connectivity index (χ0v) is 14.2. The zero-order chi connectivity index (χ0) is 15.1. The molecule has 2 aliphatic rings. The van der Waals surface area contributed by atoms with Crippen LogP contribution in [0, 0.1) is 0 Å². The Bertz CT molecular complexity index is 319. The van der Waals surface area contributed by atoms with E-state index in [2.05, 4.69) is 4.90 Å². The summed E-state index contributed by atoms with van der Waals surface area (Å²) < 4.78 is 10.7. The summed E-state index contributed by atoms with van der Waals surface area (Å²) in [5.41, 5.74) is 0. The Balaban J connectivity index is 0.00000242. The average molecular weight is 337 g/mol. The van der Waals surface area contributed by atoms with Crippen molar-refractivity contribution in [2.45, 2.75) is 44.8 Å². The van der Waals surface area contributed by atoms with Crippen LogP contribution in [0.25, 0.3) is 0 Å². The van der Waals surface area contributed by atoms with Gasteiger partial charge in [0.25, 0.3) is 0 Å². The van der Waals surface area contributed by atoms with E-state index in [0.717, 1.165) is 25.9 Å². The Morgan fingerprint density at radius 3 is 2.45 bits per heavy atom. The number of halogens is 1. The number of β-amino-alcohol motifs (C(OH)–C–C–N with tert-alkyl or cyclic N) is 1. The molecule has 1 heterocycles. The van der Waals surface area contributed by atoms with Gasteiger partial charge in [-0.25, -0.2) is 4.79 Å². The second kappa shape index (κ2) is 10.3. The summed E-state index contributed by atoms with van der Waals surface area (Å²) in [6, 6.07) is 0. The van der Waals surface area contributed by atoms with Crippen LogP contribution in [0.4, 0.5) is 4.79 Å². The van der Waals surface area contributed by atoms with E-state index in [0.29, 0.717) is 39.0 Å². The summed E-state index contributed by atoms with van der Waals surface area (Å²) in [5, 5.41) is 10.0. The van der Waals surface area contributed by atoms with Gasteiger partial charge in [0.1, 0.15) is 0 Å². The highest BCUT2D eigenvalue weighted by atomic mass is 35.5. The predicted molar refractivity (Wildman–Crippen MR) is 86.5 cm³/mol. The van der Waals surface area contributed by atoms with Crippen LogP contribution in [0.3, 0.4) is 0 Å². The molecule has 1 atom stereocenters. The molecule has 0 bridgehead atoms. The third kappa shape index (κ3) is 6.28. The van der Waals surface area contributed by atoms with Crippen molar-refractivity contribution >= 4 is 18.5 Å². The Morgan fingerprint density at radius 2 is 1.86 bits per heavy atom. The molecule has 130 valence electrons. The summed E-state index contributed by atoms with van der Waals surface area (Å²) in [5.74, 6) is 0. The maximum atomic E-state index is 11.6.